The van der Waals surface area contributed by atoms with E-state index in [-0.39, 0.29) is 6.61 Å². The highest BCUT2D eigenvalue weighted by Gasteiger charge is 2.01. The van der Waals surface area contributed by atoms with Crippen LogP contribution < -0.4 is 0 Å². The van der Waals surface area contributed by atoms with Gasteiger partial charge in [-0.1, -0.05) is 31.2 Å². The first-order valence-electron chi connectivity index (χ1n) is 4.13. The smallest absolute Gasteiger partial charge is 0.404 e. The molecule has 0 aliphatic rings. The molecule has 0 radical (unpaired) electrons. The highest BCUT2D eigenvalue weighted by Crippen LogP contribution is 2.11. The molecular weight excluding hydrogens is 188 g/mol. The molecule has 1 aromatic carbocycles. The van der Waals surface area contributed by atoms with E-state index in [9.17, 15) is 4.79 Å². The second kappa shape index (κ2) is 4.87. The van der Waals surface area contributed by atoms with Gasteiger partial charge in [0.25, 0.3) is 0 Å². The number of benzene rings is 1. The van der Waals surface area contributed by atoms with Gasteiger partial charge in [0.15, 0.2) is 0 Å². The molecule has 3 heteroatoms. The Labute approximate surface area is 82.5 Å². The fourth-order valence-corrected chi connectivity index (χ4v) is 1.23. The molecule has 1 rings (SSSR count). The third-order valence-electron chi connectivity index (χ3n) is 1.84. The van der Waals surface area contributed by atoms with E-state index < -0.39 is 5.43 Å². The first kappa shape index (κ1) is 10.1. The Morgan fingerprint density at radius 1 is 1.38 bits per heavy atom. The van der Waals surface area contributed by atoms with E-state index in [2.05, 4.69) is 6.92 Å². The van der Waals surface area contributed by atoms with Gasteiger partial charge in [-0.2, -0.15) is 0 Å². The molecule has 0 bridgehead atoms. The lowest BCUT2D eigenvalue weighted by Gasteiger charge is -2.06. The van der Waals surface area contributed by atoms with Gasteiger partial charge < -0.3 is 4.74 Å². The topological polar surface area (TPSA) is 26.3 Å². The SMILES string of the molecule is CCc1ccccc1COC(=O)Cl. The summed E-state index contributed by atoms with van der Waals surface area (Å²) in [7, 11) is 0. The van der Waals surface area contributed by atoms with Crippen molar-refractivity contribution >= 4 is 17.0 Å². The second-order valence-corrected chi connectivity index (χ2v) is 2.96. The van der Waals surface area contributed by atoms with E-state index in [1.54, 1.807) is 0 Å². The molecule has 0 heterocycles. The molecule has 0 saturated carbocycles. The molecule has 2 nitrogen and oxygen atoms in total. The Hall–Kier alpha value is -1.02. The molecule has 0 aliphatic heterocycles. The van der Waals surface area contributed by atoms with Crippen LogP contribution in [0.1, 0.15) is 18.1 Å². The maximum Gasteiger partial charge on any atom is 0.404 e. The zero-order valence-electron chi connectivity index (χ0n) is 7.42. The van der Waals surface area contributed by atoms with Crippen LogP contribution in [0.5, 0.6) is 0 Å². The molecular formula is C10H11ClO2. The lowest BCUT2D eigenvalue weighted by Crippen LogP contribution is -1.98. The Morgan fingerprint density at radius 3 is 2.54 bits per heavy atom. The Bertz CT molecular complexity index is 297. The number of carbonyl (C=O) groups excluding carboxylic acids is 1. The molecule has 0 atom stereocenters. The van der Waals surface area contributed by atoms with Crippen molar-refractivity contribution in [3.8, 4) is 0 Å². The van der Waals surface area contributed by atoms with Crippen LogP contribution >= 0.6 is 11.6 Å². The number of rotatable bonds is 3. The van der Waals surface area contributed by atoms with Gasteiger partial charge in [0.05, 0.1) is 0 Å². The Kier molecular flexibility index (Phi) is 3.77. The lowest BCUT2D eigenvalue weighted by molar-refractivity contribution is 0.167. The van der Waals surface area contributed by atoms with Gasteiger partial charge >= 0.3 is 5.43 Å². The van der Waals surface area contributed by atoms with Gasteiger partial charge in [0.2, 0.25) is 0 Å². The molecule has 0 saturated heterocycles. The van der Waals surface area contributed by atoms with Crippen LogP contribution in [0.2, 0.25) is 0 Å². The van der Waals surface area contributed by atoms with Crippen LogP contribution in [0, 0.1) is 0 Å². The summed E-state index contributed by atoms with van der Waals surface area (Å²) in [5, 5.41) is 0. The molecule has 13 heavy (non-hydrogen) atoms. The average molecular weight is 199 g/mol. The van der Waals surface area contributed by atoms with E-state index in [4.69, 9.17) is 16.3 Å². The van der Waals surface area contributed by atoms with Crippen molar-refractivity contribution in [1.29, 1.82) is 0 Å². The maximum atomic E-state index is 10.4. The van der Waals surface area contributed by atoms with Crippen LogP contribution in [-0.4, -0.2) is 5.43 Å². The van der Waals surface area contributed by atoms with Crippen LogP contribution in [0.15, 0.2) is 24.3 Å². The van der Waals surface area contributed by atoms with Gasteiger partial charge in [-0.05, 0) is 17.5 Å². The molecule has 0 N–H and O–H groups in total. The van der Waals surface area contributed by atoms with Crippen molar-refractivity contribution in [2.24, 2.45) is 0 Å². The van der Waals surface area contributed by atoms with Crippen molar-refractivity contribution in [3.63, 3.8) is 0 Å². The number of hydrogen-bond donors (Lipinski definition) is 0. The van der Waals surface area contributed by atoms with Gasteiger partial charge in [-0.3, -0.25) is 0 Å². The number of carbonyl (C=O) groups is 1. The van der Waals surface area contributed by atoms with E-state index in [1.807, 2.05) is 24.3 Å². The van der Waals surface area contributed by atoms with Gasteiger partial charge in [-0.15, -0.1) is 0 Å². The molecule has 0 fully saturated rings. The van der Waals surface area contributed by atoms with Crippen molar-refractivity contribution in [2.75, 3.05) is 0 Å². The highest BCUT2D eigenvalue weighted by atomic mass is 35.5. The molecule has 0 aliphatic carbocycles. The number of halogens is 1. The maximum absolute atomic E-state index is 10.4. The summed E-state index contributed by atoms with van der Waals surface area (Å²) in [5.74, 6) is 0. The summed E-state index contributed by atoms with van der Waals surface area (Å²) in [6.07, 6.45) is 0.927. The van der Waals surface area contributed by atoms with E-state index in [0.29, 0.717) is 0 Å². The van der Waals surface area contributed by atoms with Crippen LogP contribution in [0.3, 0.4) is 0 Å². The van der Waals surface area contributed by atoms with Crippen molar-refractivity contribution in [1.82, 2.24) is 0 Å². The Morgan fingerprint density at radius 2 is 2.00 bits per heavy atom. The molecule has 70 valence electrons. The summed E-state index contributed by atoms with van der Waals surface area (Å²) >= 11 is 5.06. The molecule has 0 aromatic heterocycles. The predicted molar refractivity (Wildman–Crippen MR) is 51.9 cm³/mol. The third-order valence-corrected chi connectivity index (χ3v) is 1.95. The fraction of sp³-hybridized carbons (Fsp3) is 0.300. The van der Waals surface area contributed by atoms with Crippen molar-refractivity contribution in [3.05, 3.63) is 35.4 Å². The number of ether oxygens (including phenoxy) is 1. The number of aryl methyl sites for hydroxylation is 1. The summed E-state index contributed by atoms with van der Waals surface area (Å²) < 4.78 is 4.70. The van der Waals surface area contributed by atoms with Crippen molar-refractivity contribution in [2.45, 2.75) is 20.0 Å². The Balaban J connectivity index is 2.69. The molecule has 1 aromatic rings. The lowest BCUT2D eigenvalue weighted by atomic mass is 10.1. The van der Waals surface area contributed by atoms with Crippen molar-refractivity contribution < 1.29 is 9.53 Å². The summed E-state index contributed by atoms with van der Waals surface area (Å²) in [4.78, 5) is 10.4. The van der Waals surface area contributed by atoms with Crippen LogP contribution in [-0.2, 0) is 17.8 Å². The fourth-order valence-electron chi connectivity index (χ4n) is 1.18. The zero-order chi connectivity index (χ0) is 9.68. The summed E-state index contributed by atoms with van der Waals surface area (Å²) in [6.45, 7) is 2.31. The van der Waals surface area contributed by atoms with Gasteiger partial charge in [0, 0.05) is 11.6 Å². The molecule has 0 spiro atoms. The number of hydrogen-bond acceptors (Lipinski definition) is 2. The molecule has 0 amide bonds. The van der Waals surface area contributed by atoms with Crippen LogP contribution in [0.25, 0.3) is 0 Å². The summed E-state index contributed by atoms with van der Waals surface area (Å²) in [6, 6.07) is 7.82. The van der Waals surface area contributed by atoms with Crippen LogP contribution in [0.4, 0.5) is 4.79 Å². The minimum absolute atomic E-state index is 0.256. The van der Waals surface area contributed by atoms with Gasteiger partial charge in [-0.25, -0.2) is 4.79 Å². The first-order valence-corrected chi connectivity index (χ1v) is 4.51. The monoisotopic (exact) mass is 198 g/mol. The minimum atomic E-state index is -0.758. The van der Waals surface area contributed by atoms with Gasteiger partial charge in [0.1, 0.15) is 6.61 Å². The predicted octanol–water partition coefficient (Wildman–Crippen LogP) is 3.12. The van der Waals surface area contributed by atoms with E-state index in [0.717, 1.165) is 12.0 Å². The van der Waals surface area contributed by atoms with E-state index in [1.165, 1.54) is 5.56 Å². The zero-order valence-corrected chi connectivity index (χ0v) is 8.17. The third kappa shape index (κ3) is 3.07. The molecule has 0 unspecified atom stereocenters. The normalized spacial score (nSPS) is 9.69. The largest absolute Gasteiger partial charge is 0.449 e. The quantitative estimate of drug-likeness (QED) is 0.698. The second-order valence-electron chi connectivity index (χ2n) is 2.65. The van der Waals surface area contributed by atoms with E-state index >= 15 is 0 Å². The average Bonchev–Trinajstić information content (AvgIpc) is 2.15. The standard InChI is InChI=1S/C10H11ClO2/c1-2-8-5-3-4-6-9(8)7-13-10(11)12/h3-6H,2,7H2,1H3. The summed E-state index contributed by atoms with van der Waals surface area (Å²) in [5.41, 5.74) is 1.44. The minimum Gasteiger partial charge on any atom is -0.449 e. The highest BCUT2D eigenvalue weighted by molar-refractivity contribution is 6.61. The first-order chi connectivity index (χ1) is 6.24.